The normalized spacial score (nSPS) is 10.5. The zero-order chi connectivity index (χ0) is 13.8. The molecule has 0 aliphatic carbocycles. The van der Waals surface area contributed by atoms with Crippen molar-refractivity contribution in [3.05, 3.63) is 46.9 Å². The van der Waals surface area contributed by atoms with Crippen LogP contribution in [0.15, 0.2) is 30.3 Å². The standard InChI is InChI=1S/C14H16ClN3O/c1-10-6-4-5-7-11(10)18(2)14-8-12(15)16-13(17-14)9-19-3/h4-8H,9H2,1-3H3. The molecule has 0 fully saturated rings. The van der Waals surface area contributed by atoms with E-state index >= 15 is 0 Å². The van der Waals surface area contributed by atoms with E-state index in [1.54, 1.807) is 13.2 Å². The third kappa shape index (κ3) is 3.22. The van der Waals surface area contributed by atoms with E-state index in [2.05, 4.69) is 23.0 Å². The zero-order valence-electron chi connectivity index (χ0n) is 11.2. The van der Waals surface area contributed by atoms with E-state index < -0.39 is 0 Å². The minimum atomic E-state index is 0.342. The molecular weight excluding hydrogens is 262 g/mol. The maximum absolute atomic E-state index is 6.02. The Balaban J connectivity index is 2.38. The van der Waals surface area contributed by atoms with Gasteiger partial charge in [-0.3, -0.25) is 0 Å². The molecule has 2 rings (SSSR count). The maximum Gasteiger partial charge on any atom is 0.158 e. The van der Waals surface area contributed by atoms with Crippen LogP contribution < -0.4 is 4.90 Å². The molecule has 0 saturated heterocycles. The van der Waals surface area contributed by atoms with Gasteiger partial charge in [0.2, 0.25) is 0 Å². The zero-order valence-corrected chi connectivity index (χ0v) is 12.0. The van der Waals surface area contributed by atoms with Gasteiger partial charge in [-0.1, -0.05) is 29.8 Å². The van der Waals surface area contributed by atoms with Crippen LogP contribution in [-0.2, 0) is 11.3 Å². The fraction of sp³-hybridized carbons (Fsp3) is 0.286. The van der Waals surface area contributed by atoms with Crippen molar-refractivity contribution in [2.75, 3.05) is 19.1 Å². The van der Waals surface area contributed by atoms with Gasteiger partial charge in [0.25, 0.3) is 0 Å². The molecule has 0 radical (unpaired) electrons. The molecule has 0 aliphatic heterocycles. The Hall–Kier alpha value is -1.65. The molecule has 2 aromatic rings. The first kappa shape index (κ1) is 13.8. The highest BCUT2D eigenvalue weighted by molar-refractivity contribution is 6.29. The van der Waals surface area contributed by atoms with Crippen LogP contribution in [0.3, 0.4) is 0 Å². The predicted molar refractivity (Wildman–Crippen MR) is 77.0 cm³/mol. The van der Waals surface area contributed by atoms with E-state index in [0.717, 1.165) is 11.5 Å². The Kier molecular flexibility index (Phi) is 4.35. The first-order valence-corrected chi connectivity index (χ1v) is 6.31. The number of benzene rings is 1. The summed E-state index contributed by atoms with van der Waals surface area (Å²) in [6.07, 6.45) is 0. The second-order valence-corrected chi connectivity index (χ2v) is 4.63. The Morgan fingerprint density at radius 2 is 2.00 bits per heavy atom. The second-order valence-electron chi connectivity index (χ2n) is 4.24. The molecule has 100 valence electrons. The summed E-state index contributed by atoms with van der Waals surface area (Å²) in [4.78, 5) is 10.6. The van der Waals surface area contributed by atoms with Gasteiger partial charge in [-0.05, 0) is 18.6 Å². The largest absolute Gasteiger partial charge is 0.377 e. The van der Waals surface area contributed by atoms with Crippen LogP contribution in [0.4, 0.5) is 11.5 Å². The molecule has 1 aromatic carbocycles. The summed E-state index contributed by atoms with van der Waals surface area (Å²) in [5.41, 5.74) is 2.26. The highest BCUT2D eigenvalue weighted by Gasteiger charge is 2.10. The molecule has 19 heavy (non-hydrogen) atoms. The molecular formula is C14H16ClN3O. The molecule has 0 bridgehead atoms. The summed E-state index contributed by atoms with van der Waals surface area (Å²) in [5.74, 6) is 1.33. The summed E-state index contributed by atoms with van der Waals surface area (Å²) in [6.45, 7) is 2.40. The monoisotopic (exact) mass is 277 g/mol. The van der Waals surface area contributed by atoms with Gasteiger partial charge < -0.3 is 9.64 Å². The number of aromatic nitrogens is 2. The number of methoxy groups -OCH3 is 1. The lowest BCUT2D eigenvalue weighted by atomic mass is 10.2. The lowest BCUT2D eigenvalue weighted by Gasteiger charge is -2.21. The van der Waals surface area contributed by atoms with Crippen molar-refractivity contribution in [3.63, 3.8) is 0 Å². The SMILES string of the molecule is COCc1nc(Cl)cc(N(C)c2ccccc2C)n1. The first-order valence-electron chi connectivity index (χ1n) is 5.93. The van der Waals surface area contributed by atoms with Crippen molar-refractivity contribution in [3.8, 4) is 0 Å². The second kappa shape index (κ2) is 5.99. The average molecular weight is 278 g/mol. The van der Waals surface area contributed by atoms with Gasteiger partial charge in [-0.15, -0.1) is 0 Å². The van der Waals surface area contributed by atoms with Gasteiger partial charge in [0.05, 0.1) is 0 Å². The van der Waals surface area contributed by atoms with Gasteiger partial charge in [0.1, 0.15) is 17.6 Å². The number of halogens is 1. The molecule has 0 amide bonds. The molecule has 4 nitrogen and oxygen atoms in total. The van der Waals surface area contributed by atoms with E-state index in [-0.39, 0.29) is 0 Å². The van der Waals surface area contributed by atoms with E-state index in [4.69, 9.17) is 16.3 Å². The fourth-order valence-corrected chi connectivity index (χ4v) is 2.08. The molecule has 5 heteroatoms. The molecule has 0 atom stereocenters. The van der Waals surface area contributed by atoms with Gasteiger partial charge >= 0.3 is 0 Å². The van der Waals surface area contributed by atoms with Gasteiger partial charge in [0, 0.05) is 25.9 Å². The Morgan fingerprint density at radius 3 is 2.68 bits per heavy atom. The summed E-state index contributed by atoms with van der Waals surface area (Å²) < 4.78 is 5.04. The first-order chi connectivity index (χ1) is 9.11. The fourth-order valence-electron chi connectivity index (χ4n) is 1.88. The van der Waals surface area contributed by atoms with E-state index in [1.165, 1.54) is 5.56 Å². The molecule has 0 saturated carbocycles. The number of anilines is 2. The van der Waals surface area contributed by atoms with Gasteiger partial charge in [-0.2, -0.15) is 0 Å². The molecule has 1 aromatic heterocycles. The van der Waals surface area contributed by atoms with Crippen molar-refractivity contribution in [1.82, 2.24) is 9.97 Å². The smallest absolute Gasteiger partial charge is 0.158 e. The van der Waals surface area contributed by atoms with E-state index in [1.807, 2.05) is 30.1 Å². The van der Waals surface area contributed by atoms with Crippen LogP contribution >= 0.6 is 11.6 Å². The summed E-state index contributed by atoms with van der Waals surface area (Å²) in [7, 11) is 3.56. The van der Waals surface area contributed by atoms with E-state index in [9.17, 15) is 0 Å². The number of nitrogens with zero attached hydrogens (tertiary/aromatic N) is 3. The Morgan fingerprint density at radius 1 is 1.26 bits per heavy atom. The number of para-hydroxylation sites is 1. The number of ether oxygens (including phenoxy) is 1. The van der Waals surface area contributed by atoms with Crippen LogP contribution in [-0.4, -0.2) is 24.1 Å². The molecule has 0 N–H and O–H groups in total. The van der Waals surface area contributed by atoms with Crippen LogP contribution in [0.5, 0.6) is 0 Å². The number of hydrogen-bond donors (Lipinski definition) is 0. The van der Waals surface area contributed by atoms with Crippen LogP contribution in [0.25, 0.3) is 0 Å². The molecule has 1 heterocycles. The minimum absolute atomic E-state index is 0.342. The molecule has 0 aliphatic rings. The average Bonchev–Trinajstić information content (AvgIpc) is 2.38. The summed E-state index contributed by atoms with van der Waals surface area (Å²) >= 11 is 6.02. The number of aryl methyl sites for hydroxylation is 1. The molecule has 0 unspecified atom stereocenters. The third-order valence-corrected chi connectivity index (χ3v) is 3.02. The van der Waals surface area contributed by atoms with E-state index in [0.29, 0.717) is 17.6 Å². The van der Waals surface area contributed by atoms with Gasteiger partial charge in [-0.25, -0.2) is 9.97 Å². The quantitative estimate of drug-likeness (QED) is 0.804. The van der Waals surface area contributed by atoms with Crippen LogP contribution in [0.1, 0.15) is 11.4 Å². The lowest BCUT2D eigenvalue weighted by Crippen LogP contribution is -2.14. The minimum Gasteiger partial charge on any atom is -0.377 e. The van der Waals surface area contributed by atoms with Crippen molar-refractivity contribution in [2.45, 2.75) is 13.5 Å². The van der Waals surface area contributed by atoms with Crippen LogP contribution in [0, 0.1) is 6.92 Å². The topological polar surface area (TPSA) is 38.2 Å². The molecule has 0 spiro atoms. The van der Waals surface area contributed by atoms with Gasteiger partial charge in [0.15, 0.2) is 5.82 Å². The van der Waals surface area contributed by atoms with Crippen molar-refractivity contribution < 1.29 is 4.74 Å². The predicted octanol–water partition coefficient (Wildman–Crippen LogP) is 3.35. The highest BCUT2D eigenvalue weighted by Crippen LogP contribution is 2.26. The maximum atomic E-state index is 6.02. The number of hydrogen-bond acceptors (Lipinski definition) is 4. The summed E-state index contributed by atoms with van der Waals surface area (Å²) in [6, 6.07) is 9.85. The lowest BCUT2D eigenvalue weighted by molar-refractivity contribution is 0.178. The van der Waals surface area contributed by atoms with Crippen LogP contribution in [0.2, 0.25) is 5.15 Å². The third-order valence-electron chi connectivity index (χ3n) is 2.82. The van der Waals surface area contributed by atoms with Crippen molar-refractivity contribution in [2.24, 2.45) is 0 Å². The Labute approximate surface area is 118 Å². The highest BCUT2D eigenvalue weighted by atomic mass is 35.5. The summed E-state index contributed by atoms with van der Waals surface area (Å²) in [5, 5.41) is 0.414. The van der Waals surface area contributed by atoms with Crippen molar-refractivity contribution >= 4 is 23.1 Å². The van der Waals surface area contributed by atoms with Crippen molar-refractivity contribution in [1.29, 1.82) is 0 Å². The Bertz CT molecular complexity index is 574. The number of rotatable bonds is 4.